The lowest BCUT2D eigenvalue weighted by Gasteiger charge is -2.45. The Morgan fingerprint density at radius 2 is 1.07 bits per heavy atom. The predicted molar refractivity (Wildman–Crippen MR) is 166 cm³/mol. The third-order valence-electron chi connectivity index (χ3n) is 6.61. The van der Waals surface area contributed by atoms with E-state index in [0.717, 1.165) is 11.1 Å². The van der Waals surface area contributed by atoms with Crippen LogP contribution in [-0.4, -0.2) is 67.3 Å². The van der Waals surface area contributed by atoms with Gasteiger partial charge in [0.25, 0.3) is 0 Å². The normalized spacial score (nSPS) is 23.2. The van der Waals surface area contributed by atoms with E-state index in [4.69, 9.17) is 23.7 Å². The third kappa shape index (κ3) is 10.4. The maximum absolute atomic E-state index is 13.3. The van der Waals surface area contributed by atoms with Crippen LogP contribution in [0.1, 0.15) is 94.2 Å². The second-order valence-electron chi connectivity index (χ2n) is 15.5. The fourth-order valence-corrected chi connectivity index (χ4v) is 3.64. The Kier molecular flexibility index (Phi) is 11.6. The van der Waals surface area contributed by atoms with Gasteiger partial charge in [0.05, 0.1) is 21.7 Å². The molecule has 0 aromatic heterocycles. The summed E-state index contributed by atoms with van der Waals surface area (Å²) in [5, 5.41) is 0. The minimum atomic E-state index is -1.34. The van der Waals surface area contributed by atoms with Crippen LogP contribution >= 0.6 is 0 Å². The molecule has 1 unspecified atom stereocenters. The first kappa shape index (κ1) is 36.9. The first-order valence-corrected chi connectivity index (χ1v) is 15.0. The second-order valence-corrected chi connectivity index (χ2v) is 15.5. The molecule has 1 fully saturated rings. The van der Waals surface area contributed by atoms with Crippen LogP contribution in [0.5, 0.6) is 0 Å². The molecule has 1 aromatic carbocycles. The highest BCUT2D eigenvalue weighted by Gasteiger charge is 2.54. The van der Waals surface area contributed by atoms with Gasteiger partial charge in [-0.3, -0.25) is 24.2 Å². The average molecular weight is 618 g/mol. The van der Waals surface area contributed by atoms with Crippen molar-refractivity contribution < 1.29 is 42.9 Å². The number of ether oxygens (including phenoxy) is 5. The Morgan fingerprint density at radius 3 is 1.50 bits per heavy atom. The Labute approximate surface area is 262 Å². The van der Waals surface area contributed by atoms with Crippen molar-refractivity contribution in [2.45, 2.75) is 121 Å². The molecule has 1 saturated heterocycles. The van der Waals surface area contributed by atoms with Crippen molar-refractivity contribution in [2.24, 2.45) is 26.7 Å². The number of carbonyl (C=O) groups excluding carboxylic acids is 4. The van der Waals surface area contributed by atoms with Gasteiger partial charge in [-0.1, -0.05) is 29.8 Å². The lowest BCUT2D eigenvalue weighted by molar-refractivity contribution is -0.258. The van der Waals surface area contributed by atoms with Crippen LogP contribution in [0.3, 0.4) is 0 Å². The molecule has 44 heavy (non-hydrogen) atoms. The third-order valence-corrected chi connectivity index (χ3v) is 6.61. The number of rotatable bonds is 7. The van der Waals surface area contributed by atoms with Gasteiger partial charge in [-0.15, -0.1) is 0 Å². The van der Waals surface area contributed by atoms with Crippen LogP contribution in [0.15, 0.2) is 29.3 Å². The molecule has 1 aromatic rings. The smallest absolute Gasteiger partial charge is 0.311 e. The zero-order chi connectivity index (χ0) is 33.8. The summed E-state index contributed by atoms with van der Waals surface area (Å²) < 4.78 is 29.9. The number of aliphatic imine (C=N–C) groups is 1. The minimum Gasteiger partial charge on any atom is -0.462 e. The van der Waals surface area contributed by atoms with E-state index in [-0.39, 0.29) is 6.61 Å². The minimum absolute atomic E-state index is 0.335. The van der Waals surface area contributed by atoms with Crippen LogP contribution in [-0.2, 0) is 42.9 Å². The molecule has 0 spiro atoms. The van der Waals surface area contributed by atoms with Gasteiger partial charge in [-0.25, -0.2) is 0 Å². The summed E-state index contributed by atoms with van der Waals surface area (Å²) in [6.07, 6.45) is -4.71. The van der Waals surface area contributed by atoms with Crippen molar-refractivity contribution in [3.05, 3.63) is 35.4 Å². The number of hydrogen-bond acceptors (Lipinski definition) is 10. The predicted octanol–water partition coefficient (Wildman–Crippen LogP) is 5.60. The van der Waals surface area contributed by atoms with Crippen LogP contribution in [0.25, 0.3) is 0 Å². The van der Waals surface area contributed by atoms with E-state index in [9.17, 15) is 19.2 Å². The molecular weight excluding hydrogens is 566 g/mol. The maximum atomic E-state index is 13.3. The molecule has 1 aliphatic heterocycles. The molecule has 0 radical (unpaired) electrons. The largest absolute Gasteiger partial charge is 0.462 e. The highest BCUT2D eigenvalue weighted by Crippen LogP contribution is 2.34. The van der Waals surface area contributed by atoms with E-state index in [1.54, 1.807) is 89.3 Å². The zero-order valence-corrected chi connectivity index (χ0v) is 28.6. The Balaban J connectivity index is 2.71. The summed E-state index contributed by atoms with van der Waals surface area (Å²) in [5.74, 6) is -2.34. The molecule has 5 atom stereocenters. The molecule has 0 N–H and O–H groups in total. The monoisotopic (exact) mass is 617 g/mol. The summed E-state index contributed by atoms with van der Waals surface area (Å²) in [6.45, 7) is 21.9. The molecule has 0 saturated carbocycles. The number of aryl methyl sites for hydroxylation is 1. The van der Waals surface area contributed by atoms with E-state index >= 15 is 0 Å². The van der Waals surface area contributed by atoms with Crippen LogP contribution in [0, 0.1) is 28.6 Å². The van der Waals surface area contributed by atoms with Gasteiger partial charge in [0.15, 0.2) is 24.5 Å². The average Bonchev–Trinajstić information content (AvgIpc) is 2.87. The Hall–Kier alpha value is -3.27. The SMILES string of the molecule is Cc1ccc(/C=N/C2O[C@H](COC(=O)C(C)(C)C)[C@@H](OC(=O)C(C)(C)C)[C@H](OC(=O)C(C)(C)C)[C@H]2OC(=O)C(C)(C)C)cc1. The maximum Gasteiger partial charge on any atom is 0.311 e. The molecule has 0 amide bonds. The number of benzene rings is 1. The zero-order valence-electron chi connectivity index (χ0n) is 28.6. The van der Waals surface area contributed by atoms with Crippen molar-refractivity contribution >= 4 is 30.1 Å². The van der Waals surface area contributed by atoms with Crippen molar-refractivity contribution in [3.63, 3.8) is 0 Å². The molecule has 1 aliphatic rings. The van der Waals surface area contributed by atoms with Gasteiger partial charge in [0, 0.05) is 6.21 Å². The number of nitrogens with zero attached hydrogens (tertiary/aromatic N) is 1. The lowest BCUT2D eigenvalue weighted by Crippen LogP contribution is -2.63. The topological polar surface area (TPSA) is 127 Å². The fourth-order valence-electron chi connectivity index (χ4n) is 3.64. The molecule has 2 rings (SSSR count). The summed E-state index contributed by atoms with van der Waals surface area (Å²) in [4.78, 5) is 57.2. The second kappa shape index (κ2) is 13.8. The highest BCUT2D eigenvalue weighted by molar-refractivity contribution is 5.80. The van der Waals surface area contributed by atoms with E-state index in [1.165, 1.54) is 0 Å². The molecule has 10 heteroatoms. The standard InChI is InChI=1S/C34H51NO9/c1-20-14-16-21(17-15-20)18-35-26-25(44-30(39)34(11,12)13)24(43-29(38)33(8,9)10)23(42-28(37)32(5,6)7)22(41-26)19-40-27(36)31(2,3)4/h14-18,22-26H,19H2,1-13H3/b35-18+/t22-,23-,24+,25-,26?/m1/s1. The van der Waals surface area contributed by atoms with Gasteiger partial charge >= 0.3 is 23.9 Å². The summed E-state index contributed by atoms with van der Waals surface area (Å²) in [5.41, 5.74) is -1.83. The first-order valence-electron chi connectivity index (χ1n) is 15.0. The van der Waals surface area contributed by atoms with E-state index in [2.05, 4.69) is 4.99 Å². The quantitative estimate of drug-likeness (QED) is 0.218. The molecule has 10 nitrogen and oxygen atoms in total. The number of carbonyl (C=O) groups is 4. The number of hydrogen-bond donors (Lipinski definition) is 0. The van der Waals surface area contributed by atoms with E-state index in [1.807, 2.05) is 31.2 Å². The number of esters is 4. The fraction of sp³-hybridized carbons (Fsp3) is 0.676. The summed E-state index contributed by atoms with van der Waals surface area (Å²) in [7, 11) is 0. The molecule has 1 heterocycles. The summed E-state index contributed by atoms with van der Waals surface area (Å²) in [6, 6.07) is 7.58. The molecule has 0 aliphatic carbocycles. The van der Waals surface area contributed by atoms with Gasteiger partial charge in [0.1, 0.15) is 12.7 Å². The van der Waals surface area contributed by atoms with Gasteiger partial charge in [-0.05, 0) is 95.6 Å². The van der Waals surface area contributed by atoms with Crippen molar-refractivity contribution in [2.75, 3.05) is 6.61 Å². The van der Waals surface area contributed by atoms with Crippen molar-refractivity contribution in [3.8, 4) is 0 Å². The van der Waals surface area contributed by atoms with Crippen LogP contribution in [0.4, 0.5) is 0 Å². The first-order chi connectivity index (χ1) is 19.9. The lowest BCUT2D eigenvalue weighted by atomic mass is 9.92. The molecular formula is C34H51NO9. The molecule has 0 bridgehead atoms. The van der Waals surface area contributed by atoms with E-state index < -0.39 is 76.2 Å². The highest BCUT2D eigenvalue weighted by atomic mass is 16.7. The molecule has 246 valence electrons. The van der Waals surface area contributed by atoms with Gasteiger partial charge in [-0.2, -0.15) is 0 Å². The summed E-state index contributed by atoms with van der Waals surface area (Å²) >= 11 is 0. The Morgan fingerprint density at radius 1 is 0.659 bits per heavy atom. The van der Waals surface area contributed by atoms with Crippen molar-refractivity contribution in [1.29, 1.82) is 0 Å². The van der Waals surface area contributed by atoms with Gasteiger partial charge in [0.2, 0.25) is 0 Å². The van der Waals surface area contributed by atoms with Crippen molar-refractivity contribution in [1.82, 2.24) is 0 Å². The Bertz CT molecular complexity index is 1210. The van der Waals surface area contributed by atoms with Gasteiger partial charge < -0.3 is 23.7 Å². The van der Waals surface area contributed by atoms with E-state index in [0.29, 0.717) is 0 Å². The van der Waals surface area contributed by atoms with Crippen LogP contribution < -0.4 is 0 Å². The van der Waals surface area contributed by atoms with Crippen LogP contribution in [0.2, 0.25) is 0 Å².